The molecule has 0 atom stereocenters. The van der Waals surface area contributed by atoms with Gasteiger partial charge in [-0.25, -0.2) is 0 Å². The van der Waals surface area contributed by atoms with Crippen molar-refractivity contribution >= 4 is 0 Å². The molecule has 0 amide bonds. The van der Waals surface area contributed by atoms with Gasteiger partial charge >= 0.3 is 20.4 Å². The van der Waals surface area contributed by atoms with Gasteiger partial charge in [-0.2, -0.15) is 0 Å². The monoisotopic (exact) mass is 198 g/mol. The van der Waals surface area contributed by atoms with E-state index >= 15 is 0 Å². The average molecular weight is 199 g/mol. The summed E-state index contributed by atoms with van der Waals surface area (Å²) in [5.41, 5.74) is 0. The largest absolute Gasteiger partial charge is 2.00 e. The maximum Gasteiger partial charge on any atom is 2.00 e. The fourth-order valence-electron chi connectivity index (χ4n) is 0. The molecule has 0 aromatic rings. The summed E-state index contributed by atoms with van der Waals surface area (Å²) in [6.45, 7) is 1.28. The molecule has 0 rings (SSSR count). The van der Waals surface area contributed by atoms with Gasteiger partial charge in [-0.05, 0) is 6.92 Å². The number of hydrogen-bond donors (Lipinski definition) is 2. The molecule has 0 unspecified atom stereocenters. The van der Waals surface area contributed by atoms with Gasteiger partial charge in [0.25, 0.3) is 0 Å². The second kappa shape index (κ2) is 16.0. The summed E-state index contributed by atoms with van der Waals surface area (Å²) in [6, 6.07) is 0. The van der Waals surface area contributed by atoms with Crippen LogP contribution in [0.4, 0.5) is 0 Å². The quantitative estimate of drug-likeness (QED) is 0.332. The SMILES string of the molecule is CC(O)O.[CH3-].[CH3-].[Pd+2]. The molecule has 0 fully saturated rings. The summed E-state index contributed by atoms with van der Waals surface area (Å²) in [5.74, 6) is 0. The van der Waals surface area contributed by atoms with E-state index in [1.54, 1.807) is 0 Å². The third-order valence-electron chi connectivity index (χ3n) is 0. The Balaban J connectivity index is -0.0000000150. The zero-order chi connectivity index (χ0) is 3.58. The molecule has 0 saturated carbocycles. The van der Waals surface area contributed by atoms with Crippen molar-refractivity contribution in [1.82, 2.24) is 0 Å². The average Bonchev–Trinajstić information content (AvgIpc) is 0.811. The first-order valence-electron chi connectivity index (χ1n) is 1.09. The normalized spacial score (nSPS) is 5.14. The van der Waals surface area contributed by atoms with Gasteiger partial charge in [0.15, 0.2) is 0 Å². The van der Waals surface area contributed by atoms with Crippen LogP contribution in [-0.4, -0.2) is 16.5 Å². The molecule has 0 bridgehead atoms. The Bertz CT molecular complexity index is 14.4. The fourth-order valence-corrected chi connectivity index (χ4v) is 0. The van der Waals surface area contributed by atoms with Crippen LogP contribution in [0.1, 0.15) is 6.92 Å². The summed E-state index contributed by atoms with van der Waals surface area (Å²) in [4.78, 5) is 0. The predicted octanol–water partition coefficient (Wildman–Crippen LogP) is 0.215. The van der Waals surface area contributed by atoms with Crippen LogP contribution in [0, 0.1) is 14.9 Å². The smallest absolute Gasteiger partial charge is 0.368 e. The summed E-state index contributed by atoms with van der Waals surface area (Å²) >= 11 is 0. The summed E-state index contributed by atoms with van der Waals surface area (Å²) in [7, 11) is 0. The van der Waals surface area contributed by atoms with Gasteiger partial charge in [-0.3, -0.25) is 0 Å². The van der Waals surface area contributed by atoms with Gasteiger partial charge in [-0.15, -0.1) is 0 Å². The van der Waals surface area contributed by atoms with Gasteiger partial charge in [0.1, 0.15) is 6.29 Å². The molecule has 2 nitrogen and oxygen atoms in total. The van der Waals surface area contributed by atoms with Crippen molar-refractivity contribution in [3.63, 3.8) is 0 Å². The van der Waals surface area contributed by atoms with Crippen LogP contribution in [0.25, 0.3) is 0 Å². The van der Waals surface area contributed by atoms with E-state index in [1.807, 2.05) is 0 Å². The van der Waals surface area contributed by atoms with Crippen LogP contribution in [0.15, 0.2) is 0 Å². The third-order valence-corrected chi connectivity index (χ3v) is 0. The molecule has 0 spiro atoms. The van der Waals surface area contributed by atoms with Gasteiger partial charge < -0.3 is 25.1 Å². The van der Waals surface area contributed by atoms with E-state index in [2.05, 4.69) is 0 Å². The maximum atomic E-state index is 7.61. The molecule has 2 N–H and O–H groups in total. The summed E-state index contributed by atoms with van der Waals surface area (Å²) in [6.07, 6.45) is -1.17. The maximum absolute atomic E-state index is 7.61. The number of rotatable bonds is 0. The molecule has 0 radical (unpaired) electrons. The van der Waals surface area contributed by atoms with Crippen LogP contribution in [0.5, 0.6) is 0 Å². The topological polar surface area (TPSA) is 40.5 Å². The standard InChI is InChI=1S/C2H6O2.2CH3.Pd/c1-2(3)4;;;/h2-4H,1H3;2*1H3;/q;2*-1;+2. The first-order chi connectivity index (χ1) is 1.73. The minimum absolute atomic E-state index is 0. The number of hydrogen-bond acceptors (Lipinski definition) is 2. The van der Waals surface area contributed by atoms with E-state index in [4.69, 9.17) is 10.2 Å². The van der Waals surface area contributed by atoms with Crippen LogP contribution in [0.2, 0.25) is 0 Å². The van der Waals surface area contributed by atoms with E-state index in [9.17, 15) is 0 Å². The Morgan fingerprint density at radius 2 is 1.14 bits per heavy atom. The summed E-state index contributed by atoms with van der Waals surface area (Å²) < 4.78 is 0. The van der Waals surface area contributed by atoms with Crippen molar-refractivity contribution in [1.29, 1.82) is 0 Å². The zero-order valence-corrected chi connectivity index (χ0v) is 6.34. The third kappa shape index (κ3) is 408. The molecule has 0 aliphatic heterocycles. The van der Waals surface area contributed by atoms with E-state index in [0.717, 1.165) is 0 Å². The first kappa shape index (κ1) is 25.6. The molecule has 0 heterocycles. The van der Waals surface area contributed by atoms with Gasteiger partial charge in [0.05, 0.1) is 0 Å². The van der Waals surface area contributed by atoms with E-state index < -0.39 is 6.29 Å². The van der Waals surface area contributed by atoms with E-state index in [0.29, 0.717) is 0 Å². The molecule has 7 heavy (non-hydrogen) atoms. The molecule has 50 valence electrons. The molecule has 3 heteroatoms. The van der Waals surface area contributed by atoms with Crippen molar-refractivity contribution in [3.8, 4) is 0 Å². The van der Waals surface area contributed by atoms with Crippen molar-refractivity contribution in [2.24, 2.45) is 0 Å². The number of aliphatic hydroxyl groups is 2. The van der Waals surface area contributed by atoms with E-state index in [-0.39, 0.29) is 35.3 Å². The number of aliphatic hydroxyl groups excluding tert-OH is 1. The molecule has 0 aliphatic carbocycles. The predicted molar refractivity (Wildman–Crippen MR) is 26.7 cm³/mol. The Morgan fingerprint density at radius 3 is 1.14 bits per heavy atom. The molecule has 0 aliphatic rings. The Hall–Kier alpha value is 0.582. The molecule has 0 aromatic carbocycles. The van der Waals surface area contributed by atoms with Gasteiger partial charge in [0, 0.05) is 0 Å². The molecular weight excluding hydrogens is 186 g/mol. The Morgan fingerprint density at radius 1 is 1.14 bits per heavy atom. The Kier molecular flexibility index (Phi) is 58.5. The van der Waals surface area contributed by atoms with Crippen molar-refractivity contribution in [2.45, 2.75) is 13.2 Å². The van der Waals surface area contributed by atoms with Gasteiger partial charge in [-0.1, -0.05) is 0 Å². The van der Waals surface area contributed by atoms with Crippen molar-refractivity contribution in [3.05, 3.63) is 14.9 Å². The molecular formula is C4H12O2Pd. The summed E-state index contributed by atoms with van der Waals surface area (Å²) in [5, 5.41) is 15.2. The zero-order valence-electron chi connectivity index (χ0n) is 4.79. The van der Waals surface area contributed by atoms with Gasteiger partial charge in [0.2, 0.25) is 0 Å². The minimum Gasteiger partial charge on any atom is -0.368 e. The molecule has 0 saturated heterocycles. The van der Waals surface area contributed by atoms with Crippen LogP contribution >= 0.6 is 0 Å². The van der Waals surface area contributed by atoms with Crippen molar-refractivity contribution in [2.75, 3.05) is 0 Å². The van der Waals surface area contributed by atoms with Crippen molar-refractivity contribution < 1.29 is 30.6 Å². The fraction of sp³-hybridized carbons (Fsp3) is 0.500. The van der Waals surface area contributed by atoms with Crippen LogP contribution in [0.3, 0.4) is 0 Å². The second-order valence-corrected chi connectivity index (χ2v) is 0.632. The van der Waals surface area contributed by atoms with Crippen LogP contribution in [-0.2, 0) is 20.4 Å². The molecule has 0 aromatic heterocycles. The van der Waals surface area contributed by atoms with E-state index in [1.165, 1.54) is 6.92 Å². The minimum atomic E-state index is -1.17. The Labute approximate surface area is 59.2 Å². The second-order valence-electron chi connectivity index (χ2n) is 0.632. The van der Waals surface area contributed by atoms with Crippen LogP contribution < -0.4 is 0 Å². The first-order valence-corrected chi connectivity index (χ1v) is 1.09.